The molecule has 100 valence electrons. The van der Waals surface area contributed by atoms with Crippen LogP contribution in [0.2, 0.25) is 0 Å². The lowest BCUT2D eigenvalue weighted by Crippen LogP contribution is -2.40. The third kappa shape index (κ3) is 2.75. The quantitative estimate of drug-likeness (QED) is 0.897. The molecule has 1 aliphatic heterocycles. The van der Waals surface area contributed by atoms with Crippen LogP contribution in [0, 0.1) is 12.8 Å². The zero-order valence-corrected chi connectivity index (χ0v) is 11.3. The molecule has 1 saturated heterocycles. The van der Waals surface area contributed by atoms with Gasteiger partial charge in [0.2, 0.25) is 5.76 Å². The second-order valence-electron chi connectivity index (χ2n) is 5.46. The van der Waals surface area contributed by atoms with Gasteiger partial charge in [-0.2, -0.15) is 0 Å². The highest BCUT2D eigenvalue weighted by atomic mass is 16.4. The molecule has 18 heavy (non-hydrogen) atoms. The van der Waals surface area contributed by atoms with Crippen LogP contribution in [0.4, 0.5) is 0 Å². The van der Waals surface area contributed by atoms with Crippen LogP contribution in [0.15, 0.2) is 10.5 Å². The highest BCUT2D eigenvalue weighted by molar-refractivity contribution is 5.84. The molecule has 0 aromatic carbocycles. The molecule has 0 spiro atoms. The van der Waals surface area contributed by atoms with Crippen molar-refractivity contribution in [3.63, 3.8) is 0 Å². The first-order valence-electron chi connectivity index (χ1n) is 6.54. The van der Waals surface area contributed by atoms with Crippen LogP contribution >= 0.6 is 0 Å². The van der Waals surface area contributed by atoms with E-state index in [1.54, 1.807) is 6.07 Å². The van der Waals surface area contributed by atoms with E-state index in [-0.39, 0.29) is 5.76 Å². The number of carboxylic acids is 1. The van der Waals surface area contributed by atoms with Gasteiger partial charge in [-0.1, -0.05) is 6.92 Å². The van der Waals surface area contributed by atoms with Gasteiger partial charge in [-0.3, -0.25) is 4.90 Å². The lowest BCUT2D eigenvalue weighted by atomic mass is 9.94. The monoisotopic (exact) mass is 251 g/mol. The van der Waals surface area contributed by atoms with Crippen molar-refractivity contribution in [2.75, 3.05) is 6.54 Å². The molecular formula is C14H21NO3. The number of nitrogens with zero attached hydrogens (tertiary/aromatic N) is 1. The van der Waals surface area contributed by atoms with E-state index in [2.05, 4.69) is 18.7 Å². The van der Waals surface area contributed by atoms with Crippen LogP contribution in [0.5, 0.6) is 0 Å². The number of rotatable bonds is 3. The largest absolute Gasteiger partial charge is 0.475 e. The van der Waals surface area contributed by atoms with Crippen LogP contribution in [0.25, 0.3) is 0 Å². The Balaban J connectivity index is 2.10. The summed E-state index contributed by atoms with van der Waals surface area (Å²) in [5.74, 6) is 0.481. The first-order valence-corrected chi connectivity index (χ1v) is 6.54. The van der Waals surface area contributed by atoms with E-state index in [0.29, 0.717) is 12.0 Å². The van der Waals surface area contributed by atoms with Crippen molar-refractivity contribution >= 4 is 5.97 Å². The second kappa shape index (κ2) is 5.14. The van der Waals surface area contributed by atoms with Crippen molar-refractivity contribution in [1.82, 2.24) is 4.90 Å². The zero-order valence-electron chi connectivity index (χ0n) is 11.3. The predicted octanol–water partition coefficient (Wildman–Crippen LogP) is 2.91. The molecule has 2 atom stereocenters. The summed E-state index contributed by atoms with van der Waals surface area (Å²) in [6.45, 7) is 8.20. The molecule has 1 aromatic rings. The van der Waals surface area contributed by atoms with E-state index in [4.69, 9.17) is 9.52 Å². The number of aromatic carboxylic acids is 1. The molecule has 0 bridgehead atoms. The van der Waals surface area contributed by atoms with Crippen molar-refractivity contribution < 1.29 is 14.3 Å². The number of piperidine rings is 1. The maximum absolute atomic E-state index is 10.9. The van der Waals surface area contributed by atoms with Gasteiger partial charge in [0, 0.05) is 24.7 Å². The average Bonchev–Trinajstić information content (AvgIpc) is 2.66. The summed E-state index contributed by atoms with van der Waals surface area (Å²) < 4.78 is 5.25. The summed E-state index contributed by atoms with van der Waals surface area (Å²) in [6, 6.07) is 2.22. The van der Waals surface area contributed by atoms with Gasteiger partial charge >= 0.3 is 5.97 Å². The number of furan rings is 1. The molecule has 4 heteroatoms. The van der Waals surface area contributed by atoms with Gasteiger partial charge < -0.3 is 9.52 Å². The summed E-state index contributed by atoms with van der Waals surface area (Å²) in [5, 5.41) is 8.92. The fourth-order valence-electron chi connectivity index (χ4n) is 2.60. The van der Waals surface area contributed by atoms with Crippen molar-refractivity contribution in [3.8, 4) is 0 Å². The van der Waals surface area contributed by atoms with E-state index in [1.165, 1.54) is 12.8 Å². The summed E-state index contributed by atoms with van der Waals surface area (Å²) in [5.41, 5.74) is 0.994. The first-order chi connectivity index (χ1) is 8.47. The Morgan fingerprint density at radius 1 is 1.50 bits per heavy atom. The van der Waals surface area contributed by atoms with Crippen LogP contribution < -0.4 is 0 Å². The molecule has 2 unspecified atom stereocenters. The van der Waals surface area contributed by atoms with Crippen LogP contribution in [0.3, 0.4) is 0 Å². The minimum atomic E-state index is -0.996. The fourth-order valence-corrected chi connectivity index (χ4v) is 2.60. The van der Waals surface area contributed by atoms with Crippen molar-refractivity contribution in [3.05, 3.63) is 23.2 Å². The van der Waals surface area contributed by atoms with Crippen LogP contribution in [-0.2, 0) is 6.54 Å². The third-order valence-electron chi connectivity index (χ3n) is 3.85. The normalized spacial score (nSPS) is 25.3. The van der Waals surface area contributed by atoms with E-state index in [0.717, 1.165) is 24.4 Å². The summed E-state index contributed by atoms with van der Waals surface area (Å²) >= 11 is 0. The van der Waals surface area contributed by atoms with Crippen molar-refractivity contribution in [2.24, 2.45) is 5.92 Å². The average molecular weight is 251 g/mol. The minimum Gasteiger partial charge on any atom is -0.475 e. The SMILES string of the molecule is Cc1oc(C(=O)O)cc1CN1CC(C)CCC1C. The van der Waals surface area contributed by atoms with Crippen LogP contribution in [-0.4, -0.2) is 28.6 Å². The Hall–Kier alpha value is -1.29. The number of aryl methyl sites for hydroxylation is 1. The van der Waals surface area contributed by atoms with Gasteiger partial charge in [-0.15, -0.1) is 0 Å². The molecule has 0 saturated carbocycles. The number of hydrogen-bond donors (Lipinski definition) is 1. The molecular weight excluding hydrogens is 230 g/mol. The smallest absolute Gasteiger partial charge is 0.371 e. The maximum atomic E-state index is 10.9. The molecule has 2 heterocycles. The number of carboxylic acid groups (broad SMARTS) is 1. The maximum Gasteiger partial charge on any atom is 0.371 e. The van der Waals surface area contributed by atoms with Gasteiger partial charge in [0.05, 0.1) is 0 Å². The Labute approximate surface area is 108 Å². The molecule has 1 N–H and O–H groups in total. The van der Waals surface area contributed by atoms with Crippen molar-refractivity contribution in [1.29, 1.82) is 0 Å². The molecule has 0 amide bonds. The topological polar surface area (TPSA) is 53.7 Å². The van der Waals surface area contributed by atoms with Crippen molar-refractivity contribution in [2.45, 2.75) is 46.2 Å². The van der Waals surface area contributed by atoms with Gasteiger partial charge in [-0.25, -0.2) is 4.79 Å². The Bertz CT molecular complexity index is 438. The highest BCUT2D eigenvalue weighted by Crippen LogP contribution is 2.25. The molecule has 1 aromatic heterocycles. The predicted molar refractivity (Wildman–Crippen MR) is 68.7 cm³/mol. The molecule has 4 nitrogen and oxygen atoms in total. The lowest BCUT2D eigenvalue weighted by Gasteiger charge is -2.36. The van der Waals surface area contributed by atoms with E-state index < -0.39 is 5.97 Å². The molecule has 1 aliphatic rings. The standard InChI is InChI=1S/C14H21NO3/c1-9-4-5-10(2)15(7-9)8-12-6-13(14(16)17)18-11(12)3/h6,9-10H,4-5,7-8H2,1-3H3,(H,16,17). The van der Waals surface area contributed by atoms with E-state index in [9.17, 15) is 4.79 Å². The Morgan fingerprint density at radius 3 is 2.83 bits per heavy atom. The summed E-state index contributed by atoms with van der Waals surface area (Å²) in [7, 11) is 0. The molecule has 2 rings (SSSR count). The second-order valence-corrected chi connectivity index (χ2v) is 5.46. The number of hydrogen-bond acceptors (Lipinski definition) is 3. The van der Waals surface area contributed by atoms with Gasteiger partial charge in [0.1, 0.15) is 5.76 Å². The Kier molecular flexibility index (Phi) is 3.76. The number of likely N-dealkylation sites (tertiary alicyclic amines) is 1. The van der Waals surface area contributed by atoms with E-state index in [1.807, 2.05) is 6.92 Å². The van der Waals surface area contributed by atoms with Gasteiger partial charge in [0.15, 0.2) is 0 Å². The summed E-state index contributed by atoms with van der Waals surface area (Å²) in [4.78, 5) is 13.3. The molecule has 0 aliphatic carbocycles. The zero-order chi connectivity index (χ0) is 13.3. The fraction of sp³-hybridized carbons (Fsp3) is 0.643. The highest BCUT2D eigenvalue weighted by Gasteiger charge is 2.24. The third-order valence-corrected chi connectivity index (χ3v) is 3.85. The molecule has 0 radical (unpaired) electrons. The molecule has 1 fully saturated rings. The summed E-state index contributed by atoms with van der Waals surface area (Å²) in [6.07, 6.45) is 2.49. The minimum absolute atomic E-state index is 0.0419. The first kappa shape index (κ1) is 13.1. The lowest BCUT2D eigenvalue weighted by molar-refractivity contribution is 0.0661. The Morgan fingerprint density at radius 2 is 2.22 bits per heavy atom. The van der Waals surface area contributed by atoms with Gasteiger partial charge in [-0.05, 0) is 38.7 Å². The van der Waals surface area contributed by atoms with Crippen LogP contribution in [0.1, 0.15) is 48.6 Å². The number of carbonyl (C=O) groups is 1. The van der Waals surface area contributed by atoms with Gasteiger partial charge in [0.25, 0.3) is 0 Å². The van der Waals surface area contributed by atoms with E-state index >= 15 is 0 Å².